The van der Waals surface area contributed by atoms with Crippen LogP contribution in [0, 0.1) is 0 Å². The molecule has 1 aliphatic heterocycles. The van der Waals surface area contributed by atoms with Crippen molar-refractivity contribution in [2.24, 2.45) is 0 Å². The minimum atomic E-state index is -4.59. The van der Waals surface area contributed by atoms with E-state index in [-0.39, 0.29) is 19.4 Å². The fourth-order valence-electron chi connectivity index (χ4n) is 6.44. The van der Waals surface area contributed by atoms with Gasteiger partial charge in [-0.3, -0.25) is 14.1 Å². The highest BCUT2D eigenvalue weighted by molar-refractivity contribution is 7.85. The third-order valence-electron chi connectivity index (χ3n) is 9.69. The first-order valence-corrected chi connectivity index (χ1v) is 22.2. The maximum absolute atomic E-state index is 12.7. The van der Waals surface area contributed by atoms with Crippen molar-refractivity contribution in [3.8, 4) is 0 Å². The number of aliphatic hydroxyl groups excluding tert-OH is 3. The predicted octanol–water partition coefficient (Wildman–Crippen LogP) is 7.34. The van der Waals surface area contributed by atoms with Gasteiger partial charge in [-0.1, -0.05) is 155 Å². The summed E-state index contributed by atoms with van der Waals surface area (Å²) in [6.07, 6.45) is 18.7. The zero-order valence-corrected chi connectivity index (χ0v) is 33.2. The zero-order chi connectivity index (χ0) is 38.5. The molecule has 52 heavy (non-hydrogen) atoms. The molecular formula is C39H74O12S. The minimum Gasteiger partial charge on any atom is -0.462 e. The van der Waals surface area contributed by atoms with Crippen molar-refractivity contribution in [3.05, 3.63) is 0 Å². The summed E-state index contributed by atoms with van der Waals surface area (Å²) >= 11 is 0. The van der Waals surface area contributed by atoms with Crippen LogP contribution in [0.2, 0.25) is 0 Å². The largest absolute Gasteiger partial charge is 0.462 e. The van der Waals surface area contributed by atoms with Gasteiger partial charge in [0, 0.05) is 12.8 Å². The average molecular weight is 767 g/mol. The molecule has 4 unspecified atom stereocenters. The van der Waals surface area contributed by atoms with Crippen LogP contribution in [0.15, 0.2) is 0 Å². The van der Waals surface area contributed by atoms with Gasteiger partial charge in [-0.25, -0.2) is 0 Å². The van der Waals surface area contributed by atoms with Crippen molar-refractivity contribution in [1.29, 1.82) is 0 Å². The summed E-state index contributed by atoms with van der Waals surface area (Å²) in [4.78, 5) is 25.2. The van der Waals surface area contributed by atoms with E-state index in [9.17, 15) is 37.9 Å². The molecule has 0 aromatic heterocycles. The molecule has 308 valence electrons. The van der Waals surface area contributed by atoms with Gasteiger partial charge in [-0.15, -0.1) is 0 Å². The molecule has 0 amide bonds. The van der Waals surface area contributed by atoms with E-state index in [1.54, 1.807) is 0 Å². The maximum atomic E-state index is 12.7. The lowest BCUT2D eigenvalue weighted by Gasteiger charge is -2.40. The normalized spacial score (nSPS) is 21.2. The van der Waals surface area contributed by atoms with Gasteiger partial charge in [0.05, 0.1) is 6.61 Å². The van der Waals surface area contributed by atoms with Crippen LogP contribution in [0.3, 0.4) is 0 Å². The van der Waals surface area contributed by atoms with Crippen LogP contribution in [0.4, 0.5) is 0 Å². The Balaban J connectivity index is 2.49. The van der Waals surface area contributed by atoms with E-state index in [0.717, 1.165) is 38.5 Å². The first-order valence-electron chi connectivity index (χ1n) is 20.6. The second kappa shape index (κ2) is 30.9. The van der Waals surface area contributed by atoms with E-state index >= 15 is 0 Å². The van der Waals surface area contributed by atoms with Gasteiger partial charge in [-0.2, -0.15) is 8.42 Å². The number of carbonyl (C=O) groups is 2. The summed E-state index contributed by atoms with van der Waals surface area (Å²) in [5.74, 6) is -1.97. The molecule has 0 bridgehead atoms. The predicted molar refractivity (Wildman–Crippen MR) is 201 cm³/mol. The molecule has 1 heterocycles. The highest BCUT2D eigenvalue weighted by Crippen LogP contribution is 2.24. The molecule has 4 N–H and O–H groups in total. The lowest BCUT2D eigenvalue weighted by atomic mass is 10.00. The molecule has 12 nitrogen and oxygen atoms in total. The Bertz CT molecular complexity index is 994. The fourth-order valence-corrected chi connectivity index (χ4v) is 7.13. The Labute approximate surface area is 314 Å². The van der Waals surface area contributed by atoms with Crippen LogP contribution < -0.4 is 0 Å². The number of hydrogen-bond donors (Lipinski definition) is 4. The SMILES string of the molecule is CCCCCCCCCCCCCCCC(=O)OC(COC(=O)CCCCCCCCCCCCC)CO[C@H]1OC(CS(=O)(=O)O)[C@@H](O)C(O)C1O. The zero-order valence-electron chi connectivity index (χ0n) is 32.4. The molecule has 1 rings (SSSR count). The summed E-state index contributed by atoms with van der Waals surface area (Å²) in [5, 5.41) is 30.8. The van der Waals surface area contributed by atoms with E-state index in [1.807, 2.05) is 0 Å². The summed E-state index contributed by atoms with van der Waals surface area (Å²) in [7, 11) is -4.59. The number of hydrogen-bond acceptors (Lipinski definition) is 11. The number of ether oxygens (including phenoxy) is 4. The highest BCUT2D eigenvalue weighted by atomic mass is 32.2. The maximum Gasteiger partial charge on any atom is 0.306 e. The molecule has 1 aliphatic rings. The van der Waals surface area contributed by atoms with E-state index < -0.39 is 71.2 Å². The van der Waals surface area contributed by atoms with Gasteiger partial charge in [-0.05, 0) is 12.8 Å². The summed E-state index contributed by atoms with van der Waals surface area (Å²) < 4.78 is 53.9. The monoisotopic (exact) mass is 766 g/mol. The molecule has 1 fully saturated rings. The van der Waals surface area contributed by atoms with Crippen LogP contribution in [0.1, 0.15) is 181 Å². The van der Waals surface area contributed by atoms with Crippen molar-refractivity contribution in [2.45, 2.75) is 218 Å². The third-order valence-corrected chi connectivity index (χ3v) is 10.4. The molecule has 1 saturated heterocycles. The number of aliphatic hydroxyl groups is 3. The standard InChI is InChI=1S/C39H74O12S/c1-3-5-7-9-11-13-15-16-18-20-22-24-26-28-35(41)50-32(29-48-34(40)27-25-23-21-19-17-14-12-10-8-6-4-2)30-49-39-38(44)37(43)36(42)33(51-39)31-52(45,46)47/h32-33,36-39,42-44H,3-31H2,1-2H3,(H,45,46,47)/t32?,33?,36-,37?,38?,39+/m1/s1. The second-order valence-corrected chi connectivity index (χ2v) is 16.2. The molecule has 0 radical (unpaired) electrons. The molecular weight excluding hydrogens is 692 g/mol. The van der Waals surface area contributed by atoms with Crippen molar-refractivity contribution >= 4 is 22.1 Å². The van der Waals surface area contributed by atoms with Crippen LogP contribution in [0.5, 0.6) is 0 Å². The Morgan fingerprint density at radius 2 is 0.981 bits per heavy atom. The topological polar surface area (TPSA) is 186 Å². The summed E-state index contributed by atoms with van der Waals surface area (Å²) in [5.41, 5.74) is 0. The lowest BCUT2D eigenvalue weighted by Crippen LogP contribution is -2.60. The molecule has 13 heteroatoms. The first kappa shape index (κ1) is 48.7. The first-order chi connectivity index (χ1) is 25.0. The van der Waals surface area contributed by atoms with Crippen LogP contribution in [-0.2, 0) is 38.7 Å². The Hall–Kier alpha value is -1.35. The van der Waals surface area contributed by atoms with E-state index in [0.29, 0.717) is 12.8 Å². The molecule has 0 aromatic rings. The fraction of sp³-hybridized carbons (Fsp3) is 0.949. The van der Waals surface area contributed by atoms with Crippen molar-refractivity contribution in [2.75, 3.05) is 19.0 Å². The molecule has 0 spiro atoms. The Morgan fingerprint density at radius 1 is 0.577 bits per heavy atom. The Kier molecular flexibility index (Phi) is 28.9. The average Bonchev–Trinajstić information content (AvgIpc) is 3.10. The molecule has 0 saturated carbocycles. The van der Waals surface area contributed by atoms with Gasteiger partial charge in [0.25, 0.3) is 10.1 Å². The number of esters is 2. The van der Waals surface area contributed by atoms with E-state index in [4.69, 9.17) is 18.9 Å². The Morgan fingerprint density at radius 3 is 1.40 bits per heavy atom. The number of carbonyl (C=O) groups excluding carboxylic acids is 2. The lowest BCUT2D eigenvalue weighted by molar-refractivity contribution is -0.297. The van der Waals surface area contributed by atoms with Gasteiger partial charge in [0.15, 0.2) is 12.4 Å². The smallest absolute Gasteiger partial charge is 0.306 e. The number of unbranched alkanes of at least 4 members (excludes halogenated alkanes) is 22. The van der Waals surface area contributed by atoms with Crippen molar-refractivity contribution in [1.82, 2.24) is 0 Å². The molecule has 0 aliphatic carbocycles. The van der Waals surface area contributed by atoms with Crippen LogP contribution in [-0.4, -0.2) is 96.0 Å². The van der Waals surface area contributed by atoms with Crippen LogP contribution in [0.25, 0.3) is 0 Å². The number of rotatable bonds is 34. The van der Waals surface area contributed by atoms with Crippen molar-refractivity contribution < 1.29 is 56.8 Å². The minimum absolute atomic E-state index is 0.171. The second-order valence-electron chi connectivity index (χ2n) is 14.7. The molecule has 0 aromatic carbocycles. The van der Waals surface area contributed by atoms with Crippen LogP contribution >= 0.6 is 0 Å². The third kappa shape index (κ3) is 25.6. The summed E-state index contributed by atoms with van der Waals surface area (Å²) in [6, 6.07) is 0. The van der Waals surface area contributed by atoms with Crippen molar-refractivity contribution in [3.63, 3.8) is 0 Å². The van der Waals surface area contributed by atoms with E-state index in [2.05, 4.69) is 13.8 Å². The van der Waals surface area contributed by atoms with Gasteiger partial charge >= 0.3 is 11.9 Å². The van der Waals surface area contributed by atoms with E-state index in [1.165, 1.54) is 103 Å². The highest BCUT2D eigenvalue weighted by Gasteiger charge is 2.46. The van der Waals surface area contributed by atoms with Gasteiger partial charge < -0.3 is 34.3 Å². The van der Waals surface area contributed by atoms with Gasteiger partial charge in [0.1, 0.15) is 36.8 Å². The van der Waals surface area contributed by atoms with Gasteiger partial charge in [0.2, 0.25) is 0 Å². The molecule has 6 atom stereocenters. The quantitative estimate of drug-likeness (QED) is 0.0291. The summed E-state index contributed by atoms with van der Waals surface area (Å²) in [6.45, 7) is 3.74.